The Kier molecular flexibility index (Phi) is 6.57. The summed E-state index contributed by atoms with van der Waals surface area (Å²) in [5.41, 5.74) is 2.08. The number of aliphatic hydroxyl groups is 1. The van der Waals surface area contributed by atoms with Crippen molar-refractivity contribution in [3.05, 3.63) is 59.8 Å². The van der Waals surface area contributed by atoms with Gasteiger partial charge in [0.05, 0.1) is 29.8 Å². The van der Waals surface area contributed by atoms with Crippen LogP contribution < -0.4 is 0 Å². The van der Waals surface area contributed by atoms with E-state index in [1.54, 1.807) is 41.3 Å². The van der Waals surface area contributed by atoms with Crippen LogP contribution in [0.25, 0.3) is 17.2 Å². The van der Waals surface area contributed by atoms with Crippen LogP contribution in [0, 0.1) is 5.82 Å². The molecule has 168 valence electrons. The largest absolute Gasteiger partial charge is 0.395 e. The summed E-state index contributed by atoms with van der Waals surface area (Å²) in [7, 11) is 0. The third-order valence-electron chi connectivity index (χ3n) is 5.64. The normalized spacial score (nSPS) is 14.8. The molecule has 0 bridgehead atoms. The predicted molar refractivity (Wildman–Crippen MR) is 118 cm³/mol. The lowest BCUT2D eigenvalue weighted by Gasteiger charge is -2.34. The van der Waals surface area contributed by atoms with Gasteiger partial charge in [-0.1, -0.05) is 26.0 Å². The Balaban J connectivity index is 1.64. The number of carbonyl (C=O) groups excluding carboxylic acids is 1. The Labute approximate surface area is 186 Å². The van der Waals surface area contributed by atoms with E-state index in [2.05, 4.69) is 20.0 Å². The molecule has 1 amide bonds. The minimum Gasteiger partial charge on any atom is -0.395 e. The van der Waals surface area contributed by atoms with E-state index in [-0.39, 0.29) is 24.2 Å². The highest BCUT2D eigenvalue weighted by Crippen LogP contribution is 2.25. The lowest BCUT2D eigenvalue weighted by molar-refractivity contribution is 0.0613. The fraction of sp³-hybridized carbons (Fsp3) is 0.391. The molecule has 4 rings (SSSR count). The summed E-state index contributed by atoms with van der Waals surface area (Å²) >= 11 is 0. The molecular weight excluding hydrogens is 411 g/mol. The summed E-state index contributed by atoms with van der Waals surface area (Å²) in [6.45, 7) is 7.36. The molecule has 8 nitrogen and oxygen atoms in total. The summed E-state index contributed by atoms with van der Waals surface area (Å²) in [4.78, 5) is 26.1. The summed E-state index contributed by atoms with van der Waals surface area (Å²) in [5, 5.41) is 13.6. The molecule has 0 unspecified atom stereocenters. The topological polar surface area (TPSA) is 87.4 Å². The van der Waals surface area contributed by atoms with Crippen molar-refractivity contribution in [2.75, 3.05) is 39.3 Å². The molecule has 0 aliphatic carbocycles. The van der Waals surface area contributed by atoms with Crippen molar-refractivity contribution in [3.8, 4) is 17.2 Å². The van der Waals surface area contributed by atoms with Gasteiger partial charge in [-0.2, -0.15) is 5.10 Å². The zero-order valence-electron chi connectivity index (χ0n) is 18.3. The first-order valence-electron chi connectivity index (χ1n) is 10.8. The fourth-order valence-corrected chi connectivity index (χ4v) is 3.99. The van der Waals surface area contributed by atoms with Gasteiger partial charge in [-0.05, 0) is 24.1 Å². The number of benzene rings is 1. The number of nitrogens with zero attached hydrogens (tertiary/aromatic N) is 6. The monoisotopic (exact) mass is 438 g/mol. The lowest BCUT2D eigenvalue weighted by atomic mass is 10.0. The van der Waals surface area contributed by atoms with E-state index in [1.807, 2.05) is 18.7 Å². The van der Waals surface area contributed by atoms with Gasteiger partial charge in [-0.3, -0.25) is 9.69 Å². The molecule has 1 aliphatic heterocycles. The molecule has 1 N–H and O–H groups in total. The second-order valence-electron chi connectivity index (χ2n) is 8.09. The van der Waals surface area contributed by atoms with Crippen molar-refractivity contribution in [2.24, 2.45) is 0 Å². The maximum Gasteiger partial charge on any atom is 0.257 e. The van der Waals surface area contributed by atoms with Crippen molar-refractivity contribution in [3.63, 3.8) is 0 Å². The van der Waals surface area contributed by atoms with Crippen molar-refractivity contribution < 1.29 is 14.3 Å². The molecular formula is C23H27FN6O2. The van der Waals surface area contributed by atoms with Crippen molar-refractivity contribution in [2.45, 2.75) is 19.8 Å². The second kappa shape index (κ2) is 9.54. The highest BCUT2D eigenvalue weighted by Gasteiger charge is 2.28. The van der Waals surface area contributed by atoms with Gasteiger partial charge in [-0.15, -0.1) is 0 Å². The first-order chi connectivity index (χ1) is 15.5. The SMILES string of the molecule is CC(C)c1c(C(=O)N2CCN(CCO)CC2)cnn1-c1nccc(-c2ccccc2F)n1. The smallest absolute Gasteiger partial charge is 0.257 e. The molecule has 9 heteroatoms. The first-order valence-corrected chi connectivity index (χ1v) is 10.8. The number of aromatic nitrogens is 4. The molecule has 1 aromatic carbocycles. The number of piperazine rings is 1. The molecule has 3 aromatic rings. The second-order valence-corrected chi connectivity index (χ2v) is 8.09. The third kappa shape index (κ3) is 4.39. The minimum atomic E-state index is -0.363. The van der Waals surface area contributed by atoms with Gasteiger partial charge in [0, 0.05) is 44.5 Å². The maximum atomic E-state index is 14.3. The molecule has 3 heterocycles. The Morgan fingerprint density at radius 1 is 1.16 bits per heavy atom. The van der Waals surface area contributed by atoms with Crippen LogP contribution in [0.2, 0.25) is 0 Å². The Morgan fingerprint density at radius 2 is 1.91 bits per heavy atom. The Bertz CT molecular complexity index is 1090. The van der Waals surface area contributed by atoms with Gasteiger partial charge in [0.15, 0.2) is 0 Å². The number of carbonyl (C=O) groups is 1. The third-order valence-corrected chi connectivity index (χ3v) is 5.64. The molecule has 1 aliphatic rings. The molecule has 0 radical (unpaired) electrons. The standard InChI is InChI=1S/C23H27FN6O2/c1-16(2)21-18(22(32)29-11-9-28(10-12-29)13-14-31)15-26-30(21)23-25-8-7-20(27-23)17-5-3-4-6-19(17)24/h3-8,15-16,31H,9-14H2,1-2H3. The van der Waals surface area contributed by atoms with Gasteiger partial charge >= 0.3 is 0 Å². The molecule has 0 atom stereocenters. The van der Waals surface area contributed by atoms with Gasteiger partial charge < -0.3 is 10.0 Å². The van der Waals surface area contributed by atoms with Crippen LogP contribution in [0.1, 0.15) is 35.8 Å². The fourth-order valence-electron chi connectivity index (χ4n) is 3.99. The molecule has 32 heavy (non-hydrogen) atoms. The van der Waals surface area contributed by atoms with Crippen LogP contribution in [0.4, 0.5) is 4.39 Å². The lowest BCUT2D eigenvalue weighted by Crippen LogP contribution is -2.49. The highest BCUT2D eigenvalue weighted by molar-refractivity contribution is 5.95. The molecule has 0 saturated carbocycles. The first kappa shape index (κ1) is 22.0. The summed E-state index contributed by atoms with van der Waals surface area (Å²) in [6.07, 6.45) is 3.13. The number of halogens is 1. The molecule has 1 fully saturated rings. The molecule has 1 saturated heterocycles. The quantitative estimate of drug-likeness (QED) is 0.636. The maximum absolute atomic E-state index is 14.3. The zero-order chi connectivity index (χ0) is 22.7. The summed E-state index contributed by atoms with van der Waals surface area (Å²) in [5.74, 6) is -0.152. The predicted octanol–water partition coefficient (Wildman–Crippen LogP) is 2.34. The number of amides is 1. The minimum absolute atomic E-state index is 0.00662. The number of β-amino-alcohol motifs (C(OH)–C–C–N with tert-alkyl or cyclic N) is 1. The number of hydrogen-bond acceptors (Lipinski definition) is 6. The van der Waals surface area contributed by atoms with Crippen LogP contribution in [0.3, 0.4) is 0 Å². The van der Waals surface area contributed by atoms with Crippen LogP contribution in [0.15, 0.2) is 42.7 Å². The van der Waals surface area contributed by atoms with Crippen molar-refractivity contribution >= 4 is 5.91 Å². The van der Waals surface area contributed by atoms with Crippen molar-refractivity contribution in [1.29, 1.82) is 0 Å². The van der Waals surface area contributed by atoms with Gasteiger partial charge in [-0.25, -0.2) is 19.0 Å². The summed E-state index contributed by atoms with van der Waals surface area (Å²) in [6, 6.07) is 8.09. The molecule has 0 spiro atoms. The summed E-state index contributed by atoms with van der Waals surface area (Å²) < 4.78 is 15.8. The van der Waals surface area contributed by atoms with Gasteiger partial charge in [0.25, 0.3) is 11.9 Å². The Hall–Kier alpha value is -3.17. The van der Waals surface area contributed by atoms with E-state index in [0.717, 1.165) is 18.8 Å². The van der Waals surface area contributed by atoms with Gasteiger partial charge in [0.2, 0.25) is 0 Å². The van der Waals surface area contributed by atoms with E-state index in [0.29, 0.717) is 42.4 Å². The van der Waals surface area contributed by atoms with Crippen molar-refractivity contribution in [1.82, 2.24) is 29.5 Å². The van der Waals surface area contributed by atoms with Crippen LogP contribution >= 0.6 is 0 Å². The Morgan fingerprint density at radius 3 is 2.59 bits per heavy atom. The van der Waals surface area contributed by atoms with E-state index in [1.165, 1.54) is 6.07 Å². The van der Waals surface area contributed by atoms with E-state index in [4.69, 9.17) is 5.11 Å². The number of rotatable bonds is 6. The van der Waals surface area contributed by atoms with Crippen LogP contribution in [0.5, 0.6) is 0 Å². The van der Waals surface area contributed by atoms with Crippen LogP contribution in [-0.4, -0.2) is 79.9 Å². The number of aliphatic hydroxyl groups excluding tert-OH is 1. The average Bonchev–Trinajstić information content (AvgIpc) is 3.25. The zero-order valence-corrected chi connectivity index (χ0v) is 18.3. The molecule has 2 aromatic heterocycles. The van der Waals surface area contributed by atoms with E-state index >= 15 is 0 Å². The average molecular weight is 439 g/mol. The van der Waals surface area contributed by atoms with E-state index in [9.17, 15) is 9.18 Å². The van der Waals surface area contributed by atoms with Gasteiger partial charge in [0.1, 0.15) is 5.82 Å². The highest BCUT2D eigenvalue weighted by atomic mass is 19.1. The van der Waals surface area contributed by atoms with E-state index < -0.39 is 0 Å². The number of hydrogen-bond donors (Lipinski definition) is 1. The van der Waals surface area contributed by atoms with Crippen LogP contribution in [-0.2, 0) is 0 Å².